The van der Waals surface area contributed by atoms with Crippen molar-refractivity contribution in [1.29, 1.82) is 5.26 Å². The number of aromatic nitrogens is 4. The number of benzene rings is 2. The molecule has 3 aromatic heterocycles. The minimum atomic E-state index is -0.491. The molecule has 3 N–H and O–H groups in total. The van der Waals surface area contributed by atoms with Crippen LogP contribution in [0.25, 0.3) is 16.8 Å². The summed E-state index contributed by atoms with van der Waals surface area (Å²) >= 11 is 0. The minimum absolute atomic E-state index is 0.441. The fourth-order valence-electron chi connectivity index (χ4n) is 3.26. The topological polar surface area (TPSA) is 125 Å². The monoisotopic (exact) mass is 423 g/mol. The van der Waals surface area contributed by atoms with Gasteiger partial charge >= 0.3 is 5.76 Å². The summed E-state index contributed by atoms with van der Waals surface area (Å²) in [6.07, 6.45) is 5.35. The van der Waals surface area contributed by atoms with Gasteiger partial charge in [0.05, 0.1) is 11.1 Å². The van der Waals surface area contributed by atoms with Crippen molar-refractivity contribution in [3.63, 3.8) is 0 Å². The Hall–Kier alpha value is -4.84. The van der Waals surface area contributed by atoms with Crippen molar-refractivity contribution in [2.45, 2.75) is 6.92 Å². The van der Waals surface area contributed by atoms with Crippen molar-refractivity contribution in [3.8, 4) is 11.8 Å². The van der Waals surface area contributed by atoms with Crippen LogP contribution in [0.5, 0.6) is 0 Å². The molecule has 156 valence electrons. The molecule has 0 fully saturated rings. The molecule has 0 bridgehead atoms. The van der Waals surface area contributed by atoms with Gasteiger partial charge in [0.1, 0.15) is 11.9 Å². The van der Waals surface area contributed by atoms with Gasteiger partial charge in [-0.1, -0.05) is 0 Å². The lowest BCUT2D eigenvalue weighted by molar-refractivity contribution is 0.555. The van der Waals surface area contributed by atoms with Gasteiger partial charge in [-0.05, 0) is 55.5 Å². The van der Waals surface area contributed by atoms with Gasteiger partial charge in [-0.3, -0.25) is 4.98 Å². The van der Waals surface area contributed by atoms with Crippen LogP contribution in [0.4, 0.5) is 23.1 Å². The first-order valence-corrected chi connectivity index (χ1v) is 9.76. The number of anilines is 4. The summed E-state index contributed by atoms with van der Waals surface area (Å²) in [6, 6.07) is 16.9. The summed E-state index contributed by atoms with van der Waals surface area (Å²) in [5.74, 6) is 0.590. The van der Waals surface area contributed by atoms with Crippen LogP contribution in [0, 0.1) is 18.3 Å². The molecule has 0 saturated carbocycles. The average molecular weight is 423 g/mol. The van der Waals surface area contributed by atoms with E-state index in [0.717, 1.165) is 22.6 Å². The molecular weight excluding hydrogens is 406 g/mol. The third-order valence-electron chi connectivity index (χ3n) is 4.90. The zero-order valence-electron chi connectivity index (χ0n) is 17.0. The molecule has 32 heavy (non-hydrogen) atoms. The van der Waals surface area contributed by atoms with E-state index in [9.17, 15) is 4.79 Å². The molecule has 0 radical (unpaired) electrons. The van der Waals surface area contributed by atoms with E-state index in [1.165, 1.54) is 0 Å². The predicted molar refractivity (Wildman–Crippen MR) is 121 cm³/mol. The molecule has 0 spiro atoms. The Morgan fingerprint density at radius 3 is 2.69 bits per heavy atom. The summed E-state index contributed by atoms with van der Waals surface area (Å²) in [6.45, 7) is 1.91. The molecular formula is C23H17N7O2. The second-order valence-electron chi connectivity index (χ2n) is 7.17. The van der Waals surface area contributed by atoms with Crippen molar-refractivity contribution in [2.24, 2.45) is 0 Å². The molecule has 0 saturated heterocycles. The predicted octanol–water partition coefficient (Wildman–Crippen LogP) is 4.37. The summed E-state index contributed by atoms with van der Waals surface area (Å²) in [5, 5.41) is 15.4. The molecule has 0 aliphatic carbocycles. The highest BCUT2D eigenvalue weighted by atomic mass is 16.4. The highest BCUT2D eigenvalue weighted by Crippen LogP contribution is 2.23. The van der Waals surface area contributed by atoms with Crippen LogP contribution in [0.2, 0.25) is 0 Å². The second-order valence-corrected chi connectivity index (χ2v) is 7.17. The Kier molecular flexibility index (Phi) is 4.65. The van der Waals surface area contributed by atoms with E-state index in [0.29, 0.717) is 28.4 Å². The summed E-state index contributed by atoms with van der Waals surface area (Å²) in [5.41, 5.74) is 5.11. The Morgan fingerprint density at radius 1 is 1.09 bits per heavy atom. The van der Waals surface area contributed by atoms with Crippen LogP contribution < -0.4 is 16.4 Å². The maximum Gasteiger partial charge on any atom is 0.417 e. The lowest BCUT2D eigenvalue weighted by Gasteiger charge is -2.11. The van der Waals surface area contributed by atoms with E-state index in [-0.39, 0.29) is 0 Å². The van der Waals surface area contributed by atoms with Crippen LogP contribution in [-0.2, 0) is 0 Å². The van der Waals surface area contributed by atoms with Gasteiger partial charge in [-0.2, -0.15) is 10.2 Å². The van der Waals surface area contributed by atoms with Crippen molar-refractivity contribution in [1.82, 2.24) is 19.5 Å². The number of aryl methyl sites for hydroxylation is 1. The normalized spacial score (nSPS) is 10.8. The average Bonchev–Trinajstić information content (AvgIpc) is 3.42. The fourth-order valence-corrected chi connectivity index (χ4v) is 3.26. The van der Waals surface area contributed by atoms with Crippen LogP contribution in [-0.4, -0.2) is 19.5 Å². The van der Waals surface area contributed by atoms with E-state index >= 15 is 0 Å². The molecule has 9 nitrogen and oxygen atoms in total. The summed E-state index contributed by atoms with van der Waals surface area (Å²) in [7, 11) is 0. The first kappa shape index (κ1) is 19.1. The van der Waals surface area contributed by atoms with Crippen LogP contribution in [0.15, 0.2) is 76.3 Å². The van der Waals surface area contributed by atoms with Gasteiger partial charge in [0.2, 0.25) is 5.95 Å². The fraction of sp³-hybridized carbons (Fsp3) is 0.0435. The Morgan fingerprint density at radius 2 is 1.91 bits per heavy atom. The number of hydrogen-bond acceptors (Lipinski definition) is 7. The number of nitrogens with zero attached hydrogens (tertiary/aromatic N) is 4. The number of hydrogen-bond donors (Lipinski definition) is 3. The van der Waals surface area contributed by atoms with E-state index in [2.05, 4.69) is 31.7 Å². The van der Waals surface area contributed by atoms with Crippen molar-refractivity contribution >= 4 is 34.2 Å². The third kappa shape index (κ3) is 3.80. The summed E-state index contributed by atoms with van der Waals surface area (Å²) in [4.78, 5) is 22.9. The number of rotatable bonds is 5. The van der Waals surface area contributed by atoms with Gasteiger partial charge < -0.3 is 19.6 Å². The lowest BCUT2D eigenvalue weighted by atomic mass is 10.2. The number of fused-ring (bicyclic) bond motifs is 1. The number of H-pyrrole nitrogens is 1. The molecule has 2 aromatic carbocycles. The molecule has 3 heterocycles. The maximum atomic E-state index is 11.4. The molecule has 0 aliphatic rings. The van der Waals surface area contributed by atoms with Gasteiger partial charge in [-0.15, -0.1) is 0 Å². The molecule has 0 atom stereocenters. The van der Waals surface area contributed by atoms with Crippen molar-refractivity contribution in [2.75, 3.05) is 10.6 Å². The highest BCUT2D eigenvalue weighted by molar-refractivity contribution is 5.78. The van der Waals surface area contributed by atoms with Gasteiger partial charge in [-0.25, -0.2) is 9.78 Å². The van der Waals surface area contributed by atoms with Crippen LogP contribution in [0.3, 0.4) is 0 Å². The summed E-state index contributed by atoms with van der Waals surface area (Å²) < 4.78 is 6.92. The van der Waals surface area contributed by atoms with Gasteiger partial charge in [0, 0.05) is 41.2 Å². The van der Waals surface area contributed by atoms with E-state index < -0.39 is 5.76 Å². The Labute approximate surface area is 182 Å². The number of oxazole rings is 1. The third-order valence-corrected chi connectivity index (χ3v) is 4.90. The Balaban J connectivity index is 1.35. The maximum absolute atomic E-state index is 11.4. The molecule has 9 heteroatoms. The van der Waals surface area contributed by atoms with Crippen molar-refractivity contribution in [3.05, 3.63) is 88.8 Å². The lowest BCUT2D eigenvalue weighted by Crippen LogP contribution is -2.03. The van der Waals surface area contributed by atoms with Crippen LogP contribution in [0.1, 0.15) is 11.1 Å². The van der Waals surface area contributed by atoms with E-state index in [4.69, 9.17) is 9.68 Å². The van der Waals surface area contributed by atoms with Gasteiger partial charge in [0.15, 0.2) is 5.58 Å². The quantitative estimate of drug-likeness (QED) is 0.383. The second kappa shape index (κ2) is 7.77. The molecule has 0 aliphatic heterocycles. The molecule has 0 unspecified atom stereocenters. The Bertz CT molecular complexity index is 1520. The van der Waals surface area contributed by atoms with Crippen molar-refractivity contribution < 1.29 is 4.42 Å². The van der Waals surface area contributed by atoms with E-state index in [1.807, 2.05) is 48.0 Å². The molecule has 5 aromatic rings. The first-order chi connectivity index (χ1) is 15.6. The highest BCUT2D eigenvalue weighted by Gasteiger charge is 2.08. The van der Waals surface area contributed by atoms with E-state index in [1.54, 1.807) is 30.6 Å². The van der Waals surface area contributed by atoms with Gasteiger partial charge in [0.25, 0.3) is 0 Å². The zero-order chi connectivity index (χ0) is 22.1. The molecule has 0 amide bonds. The van der Waals surface area contributed by atoms with Crippen LogP contribution >= 0.6 is 0 Å². The SMILES string of the molecule is Cc1cnc(Nc2ccc(-n3ccc(C#N)c3)cc2)nc1Nc1ccc2oc(=O)[nH]c2c1. The number of aromatic amines is 1. The minimum Gasteiger partial charge on any atom is -0.408 e. The smallest absolute Gasteiger partial charge is 0.408 e. The molecule has 5 rings (SSSR count). The standard InChI is InChI=1S/C23H17N7O2/c1-14-12-25-22(27-16-2-5-18(6-3-16)30-9-8-15(11-24)13-30)29-21(14)26-17-4-7-20-19(10-17)28-23(31)32-20/h2-10,12-13H,1H3,(H,28,31)(H2,25,26,27,29). The zero-order valence-corrected chi connectivity index (χ0v) is 17.0. The number of nitrogens with one attached hydrogen (secondary N) is 3. The number of nitriles is 1. The first-order valence-electron chi connectivity index (χ1n) is 9.76. The largest absolute Gasteiger partial charge is 0.417 e.